The van der Waals surface area contributed by atoms with Gasteiger partial charge >= 0.3 is 0 Å². The maximum absolute atomic E-state index is 8.50. The lowest BCUT2D eigenvalue weighted by molar-refractivity contribution is 0.444. The number of allylic oxidation sites excluding steroid dienone is 2. The Morgan fingerprint density at radius 3 is 3.00 bits per heavy atom. The van der Waals surface area contributed by atoms with Crippen molar-refractivity contribution in [2.75, 3.05) is 0 Å². The van der Waals surface area contributed by atoms with Gasteiger partial charge in [-0.25, -0.2) is 0 Å². The van der Waals surface area contributed by atoms with Crippen LogP contribution in [0.3, 0.4) is 0 Å². The minimum absolute atomic E-state index is 0.284. The van der Waals surface area contributed by atoms with E-state index in [-0.39, 0.29) is 6.17 Å². The fourth-order valence-corrected chi connectivity index (χ4v) is 0.787. The van der Waals surface area contributed by atoms with Crippen LogP contribution in [-0.2, 0) is 0 Å². The second-order valence-corrected chi connectivity index (χ2v) is 2.23. The van der Waals surface area contributed by atoms with Gasteiger partial charge in [0.1, 0.15) is 6.17 Å². The Kier molecular flexibility index (Phi) is 1.74. The van der Waals surface area contributed by atoms with E-state index in [1.165, 1.54) is 4.90 Å². The zero-order valence-corrected chi connectivity index (χ0v) is 5.78. The molecule has 0 radical (unpaired) electrons. The summed E-state index contributed by atoms with van der Waals surface area (Å²) in [5.74, 6) is 0. The Morgan fingerprint density at radius 2 is 2.50 bits per heavy atom. The van der Waals surface area contributed by atoms with Crippen LogP contribution in [-0.4, -0.2) is 11.1 Å². The Bertz CT molecular complexity index is 221. The zero-order valence-electron chi connectivity index (χ0n) is 5.78. The molecule has 0 fully saturated rings. The van der Waals surface area contributed by atoms with Crippen LogP contribution < -0.4 is 5.73 Å². The van der Waals surface area contributed by atoms with Gasteiger partial charge < -0.3 is 5.73 Å². The lowest BCUT2D eigenvalue weighted by Gasteiger charge is -2.19. The molecular formula is C7H9N3. The van der Waals surface area contributed by atoms with Crippen LogP contribution in [0.1, 0.15) is 6.92 Å². The highest BCUT2D eigenvalue weighted by Gasteiger charge is 2.09. The molecule has 1 aliphatic heterocycles. The molecule has 1 aliphatic rings. The number of hydrogen-bond acceptors (Lipinski definition) is 3. The molecule has 0 saturated heterocycles. The highest BCUT2D eigenvalue weighted by atomic mass is 15.2. The average Bonchev–Trinajstić information content (AvgIpc) is 1.94. The van der Waals surface area contributed by atoms with Crippen molar-refractivity contribution in [1.82, 2.24) is 4.90 Å². The predicted octanol–water partition coefficient (Wildman–Crippen LogP) is 0.528. The van der Waals surface area contributed by atoms with Crippen LogP contribution in [0.5, 0.6) is 0 Å². The van der Waals surface area contributed by atoms with Crippen LogP contribution in [0.15, 0.2) is 23.9 Å². The van der Waals surface area contributed by atoms with Gasteiger partial charge in [0.15, 0.2) is 6.19 Å². The number of nitriles is 1. The van der Waals surface area contributed by atoms with Crippen LogP contribution >= 0.6 is 0 Å². The van der Waals surface area contributed by atoms with E-state index in [9.17, 15) is 0 Å². The third kappa shape index (κ3) is 1.17. The molecule has 0 aromatic rings. The Hall–Kier alpha value is -1.27. The first-order valence-corrected chi connectivity index (χ1v) is 3.04. The average molecular weight is 135 g/mol. The van der Waals surface area contributed by atoms with E-state index in [0.717, 1.165) is 5.57 Å². The van der Waals surface area contributed by atoms with Crippen molar-refractivity contribution in [1.29, 1.82) is 5.26 Å². The monoisotopic (exact) mass is 135 g/mol. The van der Waals surface area contributed by atoms with Crippen molar-refractivity contribution in [3.05, 3.63) is 23.9 Å². The van der Waals surface area contributed by atoms with Gasteiger partial charge in [-0.15, -0.1) is 0 Å². The van der Waals surface area contributed by atoms with E-state index in [1.54, 1.807) is 12.3 Å². The van der Waals surface area contributed by atoms with E-state index in [4.69, 9.17) is 11.0 Å². The molecule has 10 heavy (non-hydrogen) atoms. The molecule has 0 aromatic carbocycles. The van der Waals surface area contributed by atoms with E-state index in [1.807, 2.05) is 19.2 Å². The molecule has 1 atom stereocenters. The van der Waals surface area contributed by atoms with Crippen molar-refractivity contribution in [2.24, 2.45) is 5.73 Å². The van der Waals surface area contributed by atoms with Crippen molar-refractivity contribution in [2.45, 2.75) is 13.1 Å². The molecule has 1 heterocycles. The summed E-state index contributed by atoms with van der Waals surface area (Å²) < 4.78 is 0. The molecule has 0 aromatic heterocycles. The fourth-order valence-electron chi connectivity index (χ4n) is 0.787. The quantitative estimate of drug-likeness (QED) is 0.493. The molecule has 3 heteroatoms. The summed E-state index contributed by atoms with van der Waals surface area (Å²) in [5.41, 5.74) is 6.57. The van der Waals surface area contributed by atoms with Gasteiger partial charge in [-0.05, 0) is 18.6 Å². The highest BCUT2D eigenvalue weighted by molar-refractivity contribution is 5.23. The van der Waals surface area contributed by atoms with Crippen LogP contribution in [0.2, 0.25) is 0 Å². The zero-order chi connectivity index (χ0) is 7.56. The maximum atomic E-state index is 8.50. The van der Waals surface area contributed by atoms with Gasteiger partial charge in [0.25, 0.3) is 0 Å². The smallest absolute Gasteiger partial charge is 0.185 e. The minimum Gasteiger partial charge on any atom is -0.307 e. The van der Waals surface area contributed by atoms with Crippen LogP contribution in [0.25, 0.3) is 0 Å². The molecule has 52 valence electrons. The number of nitrogens with zero attached hydrogens (tertiary/aromatic N) is 2. The lowest BCUT2D eigenvalue weighted by atomic mass is 10.2. The summed E-state index contributed by atoms with van der Waals surface area (Å²) in [7, 11) is 0. The topological polar surface area (TPSA) is 53.0 Å². The summed E-state index contributed by atoms with van der Waals surface area (Å²) >= 11 is 0. The molecule has 2 N–H and O–H groups in total. The van der Waals surface area contributed by atoms with Crippen LogP contribution in [0.4, 0.5) is 0 Å². The van der Waals surface area contributed by atoms with E-state index < -0.39 is 0 Å². The SMILES string of the molecule is CC1=CN(C#N)[C@@H](N)C=C1. The summed E-state index contributed by atoms with van der Waals surface area (Å²) in [6.45, 7) is 1.92. The van der Waals surface area contributed by atoms with Gasteiger partial charge in [0, 0.05) is 6.20 Å². The molecule has 0 saturated carbocycles. The third-order valence-corrected chi connectivity index (χ3v) is 1.34. The summed E-state index contributed by atoms with van der Waals surface area (Å²) in [5, 5.41) is 8.50. The van der Waals surface area contributed by atoms with E-state index in [2.05, 4.69) is 0 Å². The number of rotatable bonds is 0. The molecule has 0 bridgehead atoms. The van der Waals surface area contributed by atoms with Crippen molar-refractivity contribution < 1.29 is 0 Å². The second kappa shape index (κ2) is 2.54. The Balaban J connectivity index is 2.79. The first kappa shape index (κ1) is 6.84. The van der Waals surface area contributed by atoms with Gasteiger partial charge in [0.05, 0.1) is 0 Å². The summed E-state index contributed by atoms with van der Waals surface area (Å²) in [6, 6.07) is 0. The third-order valence-electron chi connectivity index (χ3n) is 1.34. The number of nitrogens with two attached hydrogens (primary N) is 1. The largest absolute Gasteiger partial charge is 0.307 e. The van der Waals surface area contributed by atoms with Gasteiger partial charge in [-0.2, -0.15) is 5.26 Å². The molecular weight excluding hydrogens is 126 g/mol. The van der Waals surface area contributed by atoms with Crippen molar-refractivity contribution in [3.8, 4) is 6.19 Å². The predicted molar refractivity (Wildman–Crippen MR) is 38.3 cm³/mol. The van der Waals surface area contributed by atoms with Gasteiger partial charge in [0.2, 0.25) is 0 Å². The summed E-state index contributed by atoms with van der Waals surface area (Å²) in [6.07, 6.45) is 7.10. The Morgan fingerprint density at radius 1 is 1.80 bits per heavy atom. The van der Waals surface area contributed by atoms with Crippen molar-refractivity contribution >= 4 is 0 Å². The molecule has 1 rings (SSSR count). The highest BCUT2D eigenvalue weighted by Crippen LogP contribution is 2.07. The molecule has 3 nitrogen and oxygen atoms in total. The maximum Gasteiger partial charge on any atom is 0.185 e. The molecule has 0 aliphatic carbocycles. The second-order valence-electron chi connectivity index (χ2n) is 2.23. The minimum atomic E-state index is -0.284. The number of hydrogen-bond donors (Lipinski definition) is 1. The fraction of sp³-hybridized carbons (Fsp3) is 0.286. The lowest BCUT2D eigenvalue weighted by Crippen LogP contribution is -2.34. The Labute approximate surface area is 60.0 Å². The van der Waals surface area contributed by atoms with E-state index >= 15 is 0 Å². The summed E-state index contributed by atoms with van der Waals surface area (Å²) in [4.78, 5) is 1.41. The molecule has 0 spiro atoms. The van der Waals surface area contributed by atoms with Crippen LogP contribution in [0, 0.1) is 11.5 Å². The molecule has 0 amide bonds. The standard InChI is InChI=1S/C7H9N3/c1-6-2-3-7(9)10(4-6)5-8/h2-4,7H,9H2,1H3/t7-/m1/s1. The van der Waals surface area contributed by atoms with Crippen molar-refractivity contribution in [3.63, 3.8) is 0 Å². The first-order chi connectivity index (χ1) is 4.74. The van der Waals surface area contributed by atoms with E-state index in [0.29, 0.717) is 0 Å². The molecule has 0 unspecified atom stereocenters. The van der Waals surface area contributed by atoms with Gasteiger partial charge in [-0.3, -0.25) is 4.90 Å². The van der Waals surface area contributed by atoms with Gasteiger partial charge in [-0.1, -0.05) is 6.08 Å². The normalized spacial score (nSPS) is 23.9. The first-order valence-electron chi connectivity index (χ1n) is 3.04.